The van der Waals surface area contributed by atoms with E-state index in [0.717, 1.165) is 0 Å². The Hall–Kier alpha value is -4.08. The zero-order chi connectivity index (χ0) is 20.1. The van der Waals surface area contributed by atoms with E-state index < -0.39 is 10.6 Å². The Balaban J connectivity index is 1.92. The topological polar surface area (TPSA) is 137 Å². The number of hydrogen-bond acceptors (Lipinski definition) is 9. The van der Waals surface area contributed by atoms with Gasteiger partial charge in [0.1, 0.15) is 11.5 Å². The van der Waals surface area contributed by atoms with E-state index in [1.165, 1.54) is 0 Å². The van der Waals surface area contributed by atoms with Crippen LogP contribution >= 0.6 is 0 Å². The lowest BCUT2D eigenvalue weighted by molar-refractivity contribution is -0.383. The Bertz CT molecular complexity index is 977. The van der Waals surface area contributed by atoms with Crippen molar-refractivity contribution in [1.82, 2.24) is 9.97 Å². The van der Waals surface area contributed by atoms with E-state index in [9.17, 15) is 10.1 Å². The average molecular weight is 382 g/mol. The second kappa shape index (κ2) is 8.08. The number of nitrogens with two attached hydrogens (primary N) is 1. The summed E-state index contributed by atoms with van der Waals surface area (Å²) in [5.74, 6) is 1.18. The standard InChI is InChI=1S/C18H18N6O4/c1-27-13-7-3-11(4-8-13)20-17-15(24(25)26)16(19)22-18(23-17)21-12-5-9-14(28-2)10-6-12/h3-10H,1-2H3,(H4,19,20,21,22,23). The van der Waals surface area contributed by atoms with Gasteiger partial charge in [-0.2, -0.15) is 9.97 Å². The van der Waals surface area contributed by atoms with Gasteiger partial charge in [-0.3, -0.25) is 10.1 Å². The Morgan fingerprint density at radius 3 is 1.86 bits per heavy atom. The number of rotatable bonds is 7. The summed E-state index contributed by atoms with van der Waals surface area (Å²) >= 11 is 0. The van der Waals surface area contributed by atoms with Crippen molar-refractivity contribution in [2.45, 2.75) is 0 Å². The molecule has 144 valence electrons. The number of nitrogens with zero attached hydrogens (tertiary/aromatic N) is 3. The van der Waals surface area contributed by atoms with Gasteiger partial charge >= 0.3 is 5.69 Å². The zero-order valence-electron chi connectivity index (χ0n) is 15.2. The van der Waals surface area contributed by atoms with Crippen molar-refractivity contribution < 1.29 is 14.4 Å². The summed E-state index contributed by atoms with van der Waals surface area (Å²) in [5.41, 5.74) is 6.65. The third-order valence-electron chi connectivity index (χ3n) is 3.79. The van der Waals surface area contributed by atoms with Gasteiger partial charge < -0.3 is 25.8 Å². The number of hydrogen-bond donors (Lipinski definition) is 3. The van der Waals surface area contributed by atoms with Crippen molar-refractivity contribution in [3.8, 4) is 11.5 Å². The maximum atomic E-state index is 11.4. The molecule has 4 N–H and O–H groups in total. The highest BCUT2D eigenvalue weighted by Gasteiger charge is 2.23. The molecule has 0 aliphatic heterocycles. The summed E-state index contributed by atoms with van der Waals surface area (Å²) in [6.45, 7) is 0. The fourth-order valence-electron chi connectivity index (χ4n) is 2.41. The number of benzene rings is 2. The first-order valence-corrected chi connectivity index (χ1v) is 8.14. The normalized spacial score (nSPS) is 10.2. The van der Waals surface area contributed by atoms with Gasteiger partial charge in [-0.1, -0.05) is 0 Å². The highest BCUT2D eigenvalue weighted by atomic mass is 16.6. The summed E-state index contributed by atoms with van der Waals surface area (Å²) in [6.07, 6.45) is 0. The van der Waals surface area contributed by atoms with Crippen molar-refractivity contribution in [2.24, 2.45) is 0 Å². The smallest absolute Gasteiger partial charge is 0.353 e. The molecule has 1 aromatic heterocycles. The highest BCUT2D eigenvalue weighted by Crippen LogP contribution is 2.32. The molecule has 2 aromatic carbocycles. The molecule has 0 atom stereocenters. The van der Waals surface area contributed by atoms with Crippen LogP contribution in [0.5, 0.6) is 11.5 Å². The molecule has 10 heteroatoms. The molecule has 28 heavy (non-hydrogen) atoms. The molecule has 0 aliphatic carbocycles. The zero-order valence-corrected chi connectivity index (χ0v) is 15.2. The molecule has 1 heterocycles. The summed E-state index contributed by atoms with van der Waals surface area (Å²) in [4.78, 5) is 19.0. The van der Waals surface area contributed by atoms with Gasteiger partial charge in [-0.15, -0.1) is 0 Å². The lowest BCUT2D eigenvalue weighted by Gasteiger charge is -2.11. The quantitative estimate of drug-likeness (QED) is 0.414. The Morgan fingerprint density at radius 1 is 0.893 bits per heavy atom. The first-order chi connectivity index (χ1) is 13.5. The van der Waals surface area contributed by atoms with Crippen molar-refractivity contribution in [2.75, 3.05) is 30.6 Å². The first-order valence-electron chi connectivity index (χ1n) is 8.14. The van der Waals surface area contributed by atoms with Crippen LogP contribution in [0.2, 0.25) is 0 Å². The highest BCUT2D eigenvalue weighted by molar-refractivity contribution is 5.75. The van der Waals surface area contributed by atoms with Crippen LogP contribution in [0, 0.1) is 10.1 Å². The van der Waals surface area contributed by atoms with E-state index in [0.29, 0.717) is 22.9 Å². The van der Waals surface area contributed by atoms with E-state index in [1.807, 2.05) is 0 Å². The van der Waals surface area contributed by atoms with Gasteiger partial charge in [-0.05, 0) is 48.5 Å². The molecule has 10 nitrogen and oxygen atoms in total. The molecule has 0 bridgehead atoms. The van der Waals surface area contributed by atoms with Crippen LogP contribution in [-0.2, 0) is 0 Å². The second-order valence-electron chi connectivity index (χ2n) is 5.59. The summed E-state index contributed by atoms with van der Waals surface area (Å²) in [7, 11) is 3.12. The molecule has 0 saturated heterocycles. The van der Waals surface area contributed by atoms with Crippen LogP contribution in [0.15, 0.2) is 48.5 Å². The molecule has 0 saturated carbocycles. The Labute approximate surface area is 160 Å². The SMILES string of the molecule is COc1ccc(Nc2nc(N)c([N+](=O)[O-])c(Nc3ccc(OC)cc3)n2)cc1. The third-order valence-corrected chi connectivity index (χ3v) is 3.79. The van der Waals surface area contributed by atoms with Gasteiger partial charge in [0.25, 0.3) is 0 Å². The van der Waals surface area contributed by atoms with Gasteiger partial charge in [0.05, 0.1) is 19.1 Å². The molecule has 0 aliphatic rings. The van der Waals surface area contributed by atoms with Crippen LogP contribution in [0.3, 0.4) is 0 Å². The van der Waals surface area contributed by atoms with Crippen molar-refractivity contribution in [1.29, 1.82) is 0 Å². The number of methoxy groups -OCH3 is 2. The monoisotopic (exact) mass is 382 g/mol. The maximum Gasteiger partial charge on any atom is 0.353 e. The van der Waals surface area contributed by atoms with Gasteiger partial charge in [0, 0.05) is 11.4 Å². The lowest BCUT2D eigenvalue weighted by Crippen LogP contribution is -2.08. The number of nitro groups is 1. The van der Waals surface area contributed by atoms with E-state index in [-0.39, 0.29) is 17.6 Å². The Kier molecular flexibility index (Phi) is 5.40. The number of ether oxygens (including phenoxy) is 2. The number of nitrogens with one attached hydrogen (secondary N) is 2. The number of aromatic nitrogens is 2. The molecule has 0 unspecified atom stereocenters. The Morgan fingerprint density at radius 2 is 1.39 bits per heavy atom. The fraction of sp³-hybridized carbons (Fsp3) is 0.111. The van der Waals surface area contributed by atoms with Crippen molar-refractivity contribution in [3.63, 3.8) is 0 Å². The predicted molar refractivity (Wildman–Crippen MR) is 106 cm³/mol. The van der Waals surface area contributed by atoms with Crippen LogP contribution in [0.4, 0.5) is 34.6 Å². The molecule has 0 spiro atoms. The molecular weight excluding hydrogens is 364 g/mol. The summed E-state index contributed by atoms with van der Waals surface area (Å²) in [5, 5.41) is 17.3. The largest absolute Gasteiger partial charge is 0.497 e. The minimum absolute atomic E-state index is 0.0290. The van der Waals surface area contributed by atoms with E-state index in [2.05, 4.69) is 20.6 Å². The van der Waals surface area contributed by atoms with Crippen LogP contribution in [0.1, 0.15) is 0 Å². The first kappa shape index (κ1) is 18.7. The number of anilines is 5. The molecule has 3 rings (SSSR count). The third kappa shape index (κ3) is 4.18. The van der Waals surface area contributed by atoms with Crippen LogP contribution in [-0.4, -0.2) is 29.1 Å². The van der Waals surface area contributed by atoms with Gasteiger partial charge in [-0.25, -0.2) is 0 Å². The maximum absolute atomic E-state index is 11.4. The minimum atomic E-state index is -0.627. The molecular formula is C18H18N6O4. The van der Waals surface area contributed by atoms with Crippen LogP contribution < -0.4 is 25.8 Å². The van der Waals surface area contributed by atoms with E-state index in [4.69, 9.17) is 15.2 Å². The average Bonchev–Trinajstić information content (AvgIpc) is 2.68. The van der Waals surface area contributed by atoms with Crippen molar-refractivity contribution in [3.05, 3.63) is 58.6 Å². The van der Waals surface area contributed by atoms with Gasteiger partial charge in [0.15, 0.2) is 0 Å². The summed E-state index contributed by atoms with van der Waals surface area (Å²) in [6, 6.07) is 13.9. The van der Waals surface area contributed by atoms with E-state index in [1.54, 1.807) is 62.8 Å². The van der Waals surface area contributed by atoms with E-state index >= 15 is 0 Å². The van der Waals surface area contributed by atoms with Gasteiger partial charge in [0.2, 0.25) is 17.6 Å². The van der Waals surface area contributed by atoms with Crippen LogP contribution in [0.25, 0.3) is 0 Å². The number of nitrogen functional groups attached to an aromatic ring is 1. The molecule has 0 fully saturated rings. The fourth-order valence-corrected chi connectivity index (χ4v) is 2.41. The predicted octanol–water partition coefficient (Wildman–Crippen LogP) is 3.47. The summed E-state index contributed by atoms with van der Waals surface area (Å²) < 4.78 is 10.2. The lowest BCUT2D eigenvalue weighted by atomic mass is 10.3. The molecule has 3 aromatic rings. The molecule has 0 amide bonds. The van der Waals surface area contributed by atoms with Crippen molar-refractivity contribution >= 4 is 34.6 Å². The second-order valence-corrected chi connectivity index (χ2v) is 5.59. The minimum Gasteiger partial charge on any atom is -0.497 e. The molecule has 0 radical (unpaired) electrons.